The largest absolute Gasteiger partial charge is 0.489 e. The number of amides is 1. The molecule has 2 atom stereocenters. The van der Waals surface area contributed by atoms with Gasteiger partial charge in [-0.3, -0.25) is 0 Å². The van der Waals surface area contributed by atoms with Crippen LogP contribution < -0.4 is 4.74 Å². The van der Waals surface area contributed by atoms with Gasteiger partial charge in [0.25, 0.3) is 0 Å². The molecule has 0 spiro atoms. The van der Waals surface area contributed by atoms with Crippen LogP contribution in [-0.2, 0) is 16.1 Å². The molecule has 0 saturated carbocycles. The molecule has 2 aromatic carbocycles. The fourth-order valence-corrected chi connectivity index (χ4v) is 2.83. The summed E-state index contributed by atoms with van der Waals surface area (Å²) in [5.41, 5.74) is 1.47. The first-order valence-electron chi connectivity index (χ1n) is 8.60. The number of rotatable bonds is 5. The minimum Gasteiger partial charge on any atom is -0.489 e. The van der Waals surface area contributed by atoms with Crippen LogP contribution in [0, 0.1) is 0 Å². The summed E-state index contributed by atoms with van der Waals surface area (Å²) in [7, 11) is 0. The zero-order valence-electron chi connectivity index (χ0n) is 14.6. The highest BCUT2D eigenvalue weighted by Gasteiger charge is 2.27. The van der Waals surface area contributed by atoms with Crippen LogP contribution in [0.5, 0.6) is 5.75 Å². The van der Waals surface area contributed by atoms with E-state index in [0.29, 0.717) is 26.3 Å². The zero-order valence-corrected chi connectivity index (χ0v) is 15.4. The van der Waals surface area contributed by atoms with Crippen LogP contribution >= 0.6 is 11.6 Å². The van der Waals surface area contributed by atoms with Crippen LogP contribution in [0.2, 0.25) is 0 Å². The van der Waals surface area contributed by atoms with Crippen molar-refractivity contribution in [2.45, 2.75) is 25.2 Å². The monoisotopic (exact) mass is 375 g/mol. The molecule has 0 aromatic heterocycles. The van der Waals surface area contributed by atoms with Crippen molar-refractivity contribution in [1.82, 2.24) is 4.90 Å². The van der Waals surface area contributed by atoms with E-state index in [4.69, 9.17) is 25.8 Å². The molecule has 0 radical (unpaired) electrons. The molecule has 1 saturated heterocycles. The number of carbonyl (C=O) groups excluding carboxylic acids is 1. The van der Waals surface area contributed by atoms with E-state index in [0.717, 1.165) is 16.9 Å². The van der Waals surface area contributed by atoms with E-state index in [9.17, 15) is 4.79 Å². The van der Waals surface area contributed by atoms with Gasteiger partial charge in [-0.05, 0) is 30.2 Å². The molecule has 2 aromatic rings. The number of ether oxygens (including phenoxy) is 3. The predicted molar refractivity (Wildman–Crippen MR) is 99.3 cm³/mol. The highest BCUT2D eigenvalue weighted by molar-refractivity contribution is 6.19. The summed E-state index contributed by atoms with van der Waals surface area (Å²) < 4.78 is 16.6. The van der Waals surface area contributed by atoms with Gasteiger partial charge in [0, 0.05) is 6.54 Å². The Balaban J connectivity index is 1.56. The molecule has 6 heteroatoms. The van der Waals surface area contributed by atoms with Crippen LogP contribution in [-0.4, -0.2) is 36.3 Å². The molecule has 138 valence electrons. The van der Waals surface area contributed by atoms with Crippen LogP contribution in [0.25, 0.3) is 0 Å². The molecule has 26 heavy (non-hydrogen) atoms. The van der Waals surface area contributed by atoms with E-state index in [2.05, 4.69) is 0 Å². The number of alkyl halides is 1. The fourth-order valence-electron chi connectivity index (χ4n) is 2.75. The van der Waals surface area contributed by atoms with E-state index in [1.54, 1.807) is 11.8 Å². The maximum absolute atomic E-state index is 12.0. The fraction of sp³-hybridized carbons (Fsp3) is 0.350. The van der Waals surface area contributed by atoms with E-state index < -0.39 is 11.7 Å². The summed E-state index contributed by atoms with van der Waals surface area (Å²) in [6, 6.07) is 17.8. The van der Waals surface area contributed by atoms with Crippen molar-refractivity contribution in [2.24, 2.45) is 0 Å². The summed E-state index contributed by atoms with van der Waals surface area (Å²) >= 11 is 5.72. The second kappa shape index (κ2) is 8.92. The number of halogens is 1. The second-order valence-corrected chi connectivity index (χ2v) is 6.69. The van der Waals surface area contributed by atoms with Crippen molar-refractivity contribution in [3.05, 3.63) is 65.7 Å². The van der Waals surface area contributed by atoms with Crippen LogP contribution in [0.3, 0.4) is 0 Å². The van der Waals surface area contributed by atoms with Gasteiger partial charge in [0.2, 0.25) is 0 Å². The molecule has 5 nitrogen and oxygen atoms in total. The average Bonchev–Trinajstić information content (AvgIpc) is 2.67. The Labute approximate surface area is 158 Å². The van der Waals surface area contributed by atoms with Gasteiger partial charge >= 0.3 is 6.09 Å². The van der Waals surface area contributed by atoms with Gasteiger partial charge in [-0.15, -0.1) is 0 Å². The Morgan fingerprint density at radius 1 is 1.23 bits per heavy atom. The number of carbonyl (C=O) groups is 1. The number of hydrogen-bond acceptors (Lipinski definition) is 4. The molecular weight excluding hydrogens is 354 g/mol. The molecule has 1 heterocycles. The second-order valence-electron chi connectivity index (χ2n) is 6.08. The van der Waals surface area contributed by atoms with Crippen molar-refractivity contribution in [3.8, 4) is 5.75 Å². The Morgan fingerprint density at radius 2 is 1.96 bits per heavy atom. The van der Waals surface area contributed by atoms with Gasteiger partial charge in [-0.25, -0.2) is 4.79 Å². The summed E-state index contributed by atoms with van der Waals surface area (Å²) in [6.45, 7) is 3.54. The van der Waals surface area contributed by atoms with Crippen LogP contribution in [0.15, 0.2) is 54.6 Å². The Kier molecular flexibility index (Phi) is 6.36. The molecule has 1 amide bonds. The molecule has 0 aliphatic carbocycles. The molecule has 0 N–H and O–H groups in total. The first-order valence-corrected chi connectivity index (χ1v) is 9.03. The van der Waals surface area contributed by atoms with Gasteiger partial charge in [0.15, 0.2) is 5.56 Å². The standard InChI is InChI=1S/C20H22ClNO4/c1-15(21)26-20(23)22-11-12-24-19(13-22)17-7-9-18(10-8-17)25-14-16-5-3-2-4-6-16/h2-10,15,19H,11-14H2,1H3/t15?,19-/m1/s1. The molecule has 1 unspecified atom stereocenters. The lowest BCUT2D eigenvalue weighted by Crippen LogP contribution is -2.43. The quantitative estimate of drug-likeness (QED) is 0.728. The third-order valence-electron chi connectivity index (χ3n) is 4.09. The minimum atomic E-state index is -0.648. The maximum atomic E-state index is 12.0. The number of hydrogen-bond donors (Lipinski definition) is 0. The number of benzene rings is 2. The summed E-state index contributed by atoms with van der Waals surface area (Å²) in [5.74, 6) is 0.792. The lowest BCUT2D eigenvalue weighted by Gasteiger charge is -2.32. The van der Waals surface area contributed by atoms with Crippen molar-refractivity contribution in [2.75, 3.05) is 19.7 Å². The lowest BCUT2D eigenvalue weighted by atomic mass is 10.1. The predicted octanol–water partition coefficient (Wildman–Crippen LogP) is 4.36. The zero-order chi connectivity index (χ0) is 18.4. The normalized spacial score (nSPS) is 18.2. The topological polar surface area (TPSA) is 48.0 Å². The van der Waals surface area contributed by atoms with Crippen molar-refractivity contribution in [3.63, 3.8) is 0 Å². The van der Waals surface area contributed by atoms with Gasteiger partial charge in [0.1, 0.15) is 18.5 Å². The van der Waals surface area contributed by atoms with Gasteiger partial charge in [0.05, 0.1) is 13.2 Å². The van der Waals surface area contributed by atoms with Crippen LogP contribution in [0.1, 0.15) is 24.2 Å². The first-order chi connectivity index (χ1) is 12.6. The highest BCUT2D eigenvalue weighted by Crippen LogP contribution is 2.25. The smallest absolute Gasteiger partial charge is 0.411 e. The molecular formula is C20H22ClNO4. The summed E-state index contributed by atoms with van der Waals surface area (Å²) in [6.07, 6.45) is -0.603. The molecule has 3 rings (SSSR count). The van der Waals surface area contributed by atoms with E-state index >= 15 is 0 Å². The Hall–Kier alpha value is -2.24. The molecule has 1 fully saturated rings. The van der Waals surface area contributed by atoms with Crippen LogP contribution in [0.4, 0.5) is 4.79 Å². The van der Waals surface area contributed by atoms with Gasteiger partial charge in [-0.2, -0.15) is 0 Å². The average molecular weight is 376 g/mol. The van der Waals surface area contributed by atoms with Crippen molar-refractivity contribution < 1.29 is 19.0 Å². The van der Waals surface area contributed by atoms with Crippen molar-refractivity contribution in [1.29, 1.82) is 0 Å². The Morgan fingerprint density at radius 3 is 2.65 bits per heavy atom. The maximum Gasteiger partial charge on any atom is 0.411 e. The Bertz CT molecular complexity index is 706. The SMILES string of the molecule is CC(Cl)OC(=O)N1CCO[C@@H](c2ccc(OCc3ccccc3)cc2)C1. The minimum absolute atomic E-state index is 0.190. The summed E-state index contributed by atoms with van der Waals surface area (Å²) in [4.78, 5) is 13.6. The summed E-state index contributed by atoms with van der Waals surface area (Å²) in [5, 5.41) is 0. The molecule has 1 aliphatic rings. The van der Waals surface area contributed by atoms with E-state index in [1.807, 2.05) is 54.6 Å². The lowest BCUT2D eigenvalue weighted by molar-refractivity contribution is -0.0296. The van der Waals surface area contributed by atoms with Gasteiger partial charge < -0.3 is 19.1 Å². The van der Waals surface area contributed by atoms with Crippen molar-refractivity contribution >= 4 is 17.7 Å². The van der Waals surface area contributed by atoms with E-state index in [-0.39, 0.29) is 6.10 Å². The number of morpholine rings is 1. The van der Waals surface area contributed by atoms with Gasteiger partial charge in [-0.1, -0.05) is 54.1 Å². The molecule has 1 aliphatic heterocycles. The third-order valence-corrected chi connectivity index (χ3v) is 4.18. The highest BCUT2D eigenvalue weighted by atomic mass is 35.5. The first kappa shape index (κ1) is 18.5. The van der Waals surface area contributed by atoms with E-state index in [1.165, 1.54) is 0 Å². The number of nitrogens with zero attached hydrogens (tertiary/aromatic N) is 1. The molecule has 0 bridgehead atoms. The third kappa shape index (κ3) is 5.13.